The molecule has 116 valence electrons. The van der Waals surface area contributed by atoms with Gasteiger partial charge in [-0.15, -0.1) is 0 Å². The summed E-state index contributed by atoms with van der Waals surface area (Å²) in [5, 5.41) is 13.0. The molecule has 0 saturated heterocycles. The van der Waals surface area contributed by atoms with Crippen molar-refractivity contribution < 1.29 is 14.6 Å². The third-order valence-electron chi connectivity index (χ3n) is 3.79. The molecular formula is C18H21NO3. The summed E-state index contributed by atoms with van der Waals surface area (Å²) >= 11 is 0. The number of hydrogen-bond donors (Lipinski definition) is 2. The van der Waals surface area contributed by atoms with Crippen LogP contribution in [-0.2, 0) is 15.1 Å². The van der Waals surface area contributed by atoms with Gasteiger partial charge < -0.3 is 9.84 Å². The number of aliphatic hydroxyl groups is 1. The van der Waals surface area contributed by atoms with Crippen molar-refractivity contribution in [3.63, 3.8) is 0 Å². The number of aliphatic hydroxyl groups excluding tert-OH is 1. The zero-order chi connectivity index (χ0) is 16.0. The molecule has 0 saturated carbocycles. The lowest BCUT2D eigenvalue weighted by molar-refractivity contribution is -0.149. The summed E-state index contributed by atoms with van der Waals surface area (Å²) in [4.78, 5) is 12.4. The topological polar surface area (TPSA) is 58.6 Å². The van der Waals surface area contributed by atoms with Gasteiger partial charge in [0.05, 0.1) is 19.8 Å². The van der Waals surface area contributed by atoms with Gasteiger partial charge in [-0.05, 0) is 18.1 Å². The zero-order valence-corrected chi connectivity index (χ0v) is 12.8. The first-order valence-electron chi connectivity index (χ1n) is 7.19. The van der Waals surface area contributed by atoms with Crippen molar-refractivity contribution in [2.75, 3.05) is 13.7 Å². The summed E-state index contributed by atoms with van der Waals surface area (Å²) in [5.74, 6) is -0.395. The second-order valence-corrected chi connectivity index (χ2v) is 5.27. The molecule has 0 bridgehead atoms. The lowest BCUT2D eigenvalue weighted by Gasteiger charge is -2.32. The van der Waals surface area contributed by atoms with Gasteiger partial charge in [-0.2, -0.15) is 0 Å². The molecule has 2 N–H and O–H groups in total. The lowest BCUT2D eigenvalue weighted by Crippen LogP contribution is -2.49. The van der Waals surface area contributed by atoms with Crippen molar-refractivity contribution in [2.24, 2.45) is 0 Å². The molecule has 0 spiro atoms. The predicted octanol–water partition coefficient (Wildman–Crippen LogP) is 2.40. The number of rotatable bonds is 6. The molecule has 2 aromatic rings. The van der Waals surface area contributed by atoms with Crippen LogP contribution < -0.4 is 5.32 Å². The van der Waals surface area contributed by atoms with Crippen LogP contribution in [0.4, 0.5) is 0 Å². The van der Waals surface area contributed by atoms with Gasteiger partial charge >= 0.3 is 5.97 Å². The Morgan fingerprint density at radius 3 is 2.18 bits per heavy atom. The Morgan fingerprint density at radius 1 is 1.14 bits per heavy atom. The van der Waals surface area contributed by atoms with Crippen molar-refractivity contribution >= 4 is 5.97 Å². The Kier molecular flexibility index (Phi) is 5.31. The molecule has 2 atom stereocenters. The number of benzene rings is 2. The normalized spacial score (nSPS) is 14.9. The molecule has 0 aliphatic rings. The molecule has 0 aliphatic carbocycles. The summed E-state index contributed by atoms with van der Waals surface area (Å²) in [6.07, 6.45) is 0. The second kappa shape index (κ2) is 7.20. The van der Waals surface area contributed by atoms with Crippen LogP contribution in [-0.4, -0.2) is 24.8 Å². The van der Waals surface area contributed by atoms with Crippen LogP contribution in [0, 0.1) is 0 Å². The van der Waals surface area contributed by atoms with Crippen LogP contribution in [0.3, 0.4) is 0 Å². The first-order valence-corrected chi connectivity index (χ1v) is 7.19. The fourth-order valence-electron chi connectivity index (χ4n) is 2.50. The monoisotopic (exact) mass is 299 g/mol. The van der Waals surface area contributed by atoms with Crippen LogP contribution in [0.5, 0.6) is 0 Å². The number of carbonyl (C=O) groups is 1. The maximum absolute atomic E-state index is 12.4. The SMILES string of the molecule is COC(=O)[C@](C)(N[C@@H](CO)c1ccccc1)c1ccccc1. The molecule has 2 rings (SSSR count). The number of hydrogen-bond acceptors (Lipinski definition) is 4. The van der Waals surface area contributed by atoms with Crippen molar-refractivity contribution in [3.8, 4) is 0 Å². The molecule has 0 aliphatic heterocycles. The highest BCUT2D eigenvalue weighted by atomic mass is 16.5. The maximum atomic E-state index is 12.4. The van der Waals surface area contributed by atoms with Gasteiger partial charge in [0.15, 0.2) is 0 Å². The van der Waals surface area contributed by atoms with Gasteiger partial charge in [-0.3, -0.25) is 5.32 Å². The Balaban J connectivity index is 2.36. The average molecular weight is 299 g/mol. The lowest BCUT2D eigenvalue weighted by atomic mass is 9.90. The van der Waals surface area contributed by atoms with E-state index in [0.29, 0.717) is 0 Å². The highest BCUT2D eigenvalue weighted by Crippen LogP contribution is 2.26. The summed E-state index contributed by atoms with van der Waals surface area (Å²) in [7, 11) is 1.36. The van der Waals surface area contributed by atoms with E-state index >= 15 is 0 Å². The molecule has 4 heteroatoms. The van der Waals surface area contributed by atoms with E-state index in [-0.39, 0.29) is 12.6 Å². The van der Waals surface area contributed by atoms with Gasteiger partial charge in [0, 0.05) is 0 Å². The average Bonchev–Trinajstić information content (AvgIpc) is 2.60. The molecule has 0 amide bonds. The quantitative estimate of drug-likeness (QED) is 0.804. The van der Waals surface area contributed by atoms with Crippen LogP contribution in [0.2, 0.25) is 0 Å². The molecule has 22 heavy (non-hydrogen) atoms. The Hall–Kier alpha value is -2.17. The third kappa shape index (κ3) is 3.35. The van der Waals surface area contributed by atoms with E-state index in [0.717, 1.165) is 11.1 Å². The highest BCUT2D eigenvalue weighted by Gasteiger charge is 2.38. The number of nitrogens with one attached hydrogen (secondary N) is 1. The third-order valence-corrected chi connectivity index (χ3v) is 3.79. The van der Waals surface area contributed by atoms with Crippen molar-refractivity contribution in [3.05, 3.63) is 71.8 Å². The van der Waals surface area contributed by atoms with Crippen LogP contribution in [0.25, 0.3) is 0 Å². The van der Waals surface area contributed by atoms with E-state index < -0.39 is 11.5 Å². The van der Waals surface area contributed by atoms with E-state index in [1.807, 2.05) is 60.7 Å². The minimum Gasteiger partial charge on any atom is -0.467 e. The number of esters is 1. The largest absolute Gasteiger partial charge is 0.467 e. The Labute approximate surface area is 130 Å². The van der Waals surface area contributed by atoms with Gasteiger partial charge in [0.25, 0.3) is 0 Å². The second-order valence-electron chi connectivity index (χ2n) is 5.27. The van der Waals surface area contributed by atoms with Crippen molar-refractivity contribution in [1.29, 1.82) is 0 Å². The highest BCUT2D eigenvalue weighted by molar-refractivity contribution is 5.82. The molecule has 0 radical (unpaired) electrons. The smallest absolute Gasteiger partial charge is 0.330 e. The summed E-state index contributed by atoms with van der Waals surface area (Å²) in [6, 6.07) is 18.5. The van der Waals surface area contributed by atoms with Crippen molar-refractivity contribution in [1.82, 2.24) is 5.32 Å². The van der Waals surface area contributed by atoms with Crippen LogP contribution >= 0.6 is 0 Å². The Morgan fingerprint density at radius 2 is 1.68 bits per heavy atom. The van der Waals surface area contributed by atoms with Gasteiger partial charge in [-0.1, -0.05) is 60.7 Å². The van der Waals surface area contributed by atoms with Crippen LogP contribution in [0.1, 0.15) is 24.1 Å². The molecule has 0 aromatic heterocycles. The standard InChI is InChI=1S/C18H21NO3/c1-18(17(21)22-2,15-11-7-4-8-12-15)19-16(13-20)14-9-5-3-6-10-14/h3-12,16,19-20H,13H2,1-2H3/t16-,18+/m0/s1. The fraction of sp³-hybridized carbons (Fsp3) is 0.278. The summed E-state index contributed by atoms with van der Waals surface area (Å²) in [5.41, 5.74) is 0.659. The molecule has 4 nitrogen and oxygen atoms in total. The molecule has 0 heterocycles. The zero-order valence-electron chi connectivity index (χ0n) is 12.8. The number of methoxy groups -OCH3 is 1. The predicted molar refractivity (Wildman–Crippen MR) is 85.2 cm³/mol. The van der Waals surface area contributed by atoms with E-state index in [9.17, 15) is 9.90 Å². The van der Waals surface area contributed by atoms with Gasteiger partial charge in [0.2, 0.25) is 0 Å². The number of carbonyl (C=O) groups excluding carboxylic acids is 1. The first-order chi connectivity index (χ1) is 10.6. The van der Waals surface area contributed by atoms with E-state index in [1.165, 1.54) is 7.11 Å². The Bertz CT molecular complexity index is 600. The van der Waals surface area contributed by atoms with Crippen LogP contribution in [0.15, 0.2) is 60.7 Å². The number of ether oxygens (including phenoxy) is 1. The first kappa shape index (κ1) is 16.2. The molecular weight excluding hydrogens is 278 g/mol. The van der Waals surface area contributed by atoms with E-state index in [1.54, 1.807) is 6.92 Å². The maximum Gasteiger partial charge on any atom is 0.330 e. The molecule has 0 fully saturated rings. The fourth-order valence-corrected chi connectivity index (χ4v) is 2.50. The van der Waals surface area contributed by atoms with E-state index in [2.05, 4.69) is 5.32 Å². The van der Waals surface area contributed by atoms with Crippen molar-refractivity contribution in [2.45, 2.75) is 18.5 Å². The van der Waals surface area contributed by atoms with Gasteiger partial charge in [0.1, 0.15) is 5.54 Å². The van der Waals surface area contributed by atoms with Gasteiger partial charge in [-0.25, -0.2) is 4.79 Å². The minimum absolute atomic E-state index is 0.122. The van der Waals surface area contributed by atoms with E-state index in [4.69, 9.17) is 4.74 Å². The molecule has 0 unspecified atom stereocenters. The molecule has 2 aromatic carbocycles. The summed E-state index contributed by atoms with van der Waals surface area (Å²) in [6.45, 7) is 1.64. The summed E-state index contributed by atoms with van der Waals surface area (Å²) < 4.78 is 4.97. The minimum atomic E-state index is -1.04.